The average molecular weight is 852 g/mol. The maximum absolute atomic E-state index is 14.8. The fraction of sp³-hybridized carbons (Fsp3) is 0.333. The first-order valence-electron chi connectivity index (χ1n) is 21.5. The van der Waals surface area contributed by atoms with Crippen LogP contribution in [-0.4, -0.2) is 120 Å². The molecule has 3 saturated heterocycles. The summed E-state index contributed by atoms with van der Waals surface area (Å²) in [5, 5.41) is 20.2. The number of nitrogens with zero attached hydrogens (tertiary/aromatic N) is 7. The number of aromatic hydroxyl groups is 1. The lowest BCUT2D eigenvalue weighted by atomic mass is 9.98. The molecule has 15 nitrogen and oxygen atoms in total. The smallest absolute Gasteiger partial charge is 0.334 e. The van der Waals surface area contributed by atoms with Gasteiger partial charge in [-0.05, 0) is 59.7 Å². The van der Waals surface area contributed by atoms with Crippen LogP contribution in [0.1, 0.15) is 51.9 Å². The van der Waals surface area contributed by atoms with Crippen molar-refractivity contribution < 1.29 is 29.1 Å². The monoisotopic (exact) mass is 851 g/mol. The average Bonchev–Trinajstić information content (AvgIpc) is 3.64. The highest BCUT2D eigenvalue weighted by Crippen LogP contribution is 2.32. The summed E-state index contributed by atoms with van der Waals surface area (Å²) >= 11 is 0. The molecule has 0 spiro atoms. The van der Waals surface area contributed by atoms with Crippen molar-refractivity contribution in [3.8, 4) is 5.75 Å². The number of hydrogen-bond acceptors (Lipinski definition) is 8. The Morgan fingerprint density at radius 2 is 1.68 bits per heavy atom. The summed E-state index contributed by atoms with van der Waals surface area (Å²) in [7, 11) is 1.87. The van der Waals surface area contributed by atoms with Gasteiger partial charge in [0.1, 0.15) is 18.0 Å². The molecule has 5 aromatic rings. The molecule has 3 aromatic carbocycles. The second kappa shape index (κ2) is 18.9. The summed E-state index contributed by atoms with van der Waals surface area (Å²) in [4.78, 5) is 79.2. The van der Waals surface area contributed by atoms with Gasteiger partial charge in [-0.15, -0.1) is 6.58 Å². The lowest BCUT2D eigenvalue weighted by Gasteiger charge is -2.55. The molecule has 0 bridgehead atoms. The summed E-state index contributed by atoms with van der Waals surface area (Å²) < 4.78 is 1.90. The number of hydrogen-bond donors (Lipinski definition) is 3. The number of likely N-dealkylation sites (tertiary alicyclic amines) is 1. The first-order valence-corrected chi connectivity index (χ1v) is 21.5. The van der Waals surface area contributed by atoms with Crippen molar-refractivity contribution in [3.63, 3.8) is 0 Å². The Kier molecular flexibility index (Phi) is 12.8. The Hall–Kier alpha value is -7.00. The van der Waals surface area contributed by atoms with Crippen molar-refractivity contribution in [2.75, 3.05) is 32.7 Å². The molecule has 8 rings (SSSR count). The van der Waals surface area contributed by atoms with Gasteiger partial charge in [0.15, 0.2) is 0 Å². The van der Waals surface area contributed by atoms with Gasteiger partial charge in [-0.2, -0.15) is 0 Å². The molecule has 326 valence electrons. The second-order valence-corrected chi connectivity index (χ2v) is 16.5. The SMILES string of the molecule is C=CCN1CC(=O)N2[C@@H](Cc3ccc(O)cc3)C(=O)N(Cc3cccc4c(C(=O)NC5CCN(C(=O)CCc6cccnc6)CC5)cn(C)c34)C[C@@H]2N1C(=O)NCc1ccccc1. The van der Waals surface area contributed by atoms with Gasteiger partial charge in [-0.25, -0.2) is 14.8 Å². The maximum Gasteiger partial charge on any atom is 0.334 e. The largest absolute Gasteiger partial charge is 0.508 e. The van der Waals surface area contributed by atoms with Crippen LogP contribution in [0.2, 0.25) is 0 Å². The Morgan fingerprint density at radius 1 is 0.921 bits per heavy atom. The van der Waals surface area contributed by atoms with Crippen molar-refractivity contribution in [2.24, 2.45) is 7.05 Å². The predicted molar refractivity (Wildman–Crippen MR) is 236 cm³/mol. The van der Waals surface area contributed by atoms with Crippen LogP contribution >= 0.6 is 0 Å². The molecule has 15 heteroatoms. The van der Waals surface area contributed by atoms with Crippen molar-refractivity contribution in [3.05, 3.63) is 144 Å². The molecule has 2 atom stereocenters. The number of nitrogens with one attached hydrogen (secondary N) is 2. The summed E-state index contributed by atoms with van der Waals surface area (Å²) in [5.41, 5.74) is 4.76. The Morgan fingerprint density at radius 3 is 2.41 bits per heavy atom. The van der Waals surface area contributed by atoms with Crippen LogP contribution in [0, 0.1) is 0 Å². The van der Waals surface area contributed by atoms with E-state index in [0.717, 1.165) is 33.2 Å². The maximum atomic E-state index is 14.8. The number of para-hydroxylation sites is 1. The molecule has 3 fully saturated rings. The van der Waals surface area contributed by atoms with E-state index in [2.05, 4.69) is 22.2 Å². The standard InChI is InChI=1S/C48H53N9O6/c1-3-23-55-32-44(60)56-41(26-33-14-17-38(58)18-15-33)47(62)54(31-42(56)57(55)48(63)50-28-34-9-5-4-6-10-34)29-36-12-7-13-39-40(30-52(2)45(36)39)46(61)51-37-20-24-53(25-21-37)43(59)19-16-35-11-8-22-49-27-35/h3-15,17-18,22,27,30,37,41-42,58H,1,16,19-21,23-26,28-29,31-32H2,2H3,(H,50,63)(H,51,61)/t41-,42-/m0/s1. The molecule has 2 aromatic heterocycles. The molecule has 0 unspecified atom stereocenters. The van der Waals surface area contributed by atoms with Gasteiger partial charge in [-0.1, -0.05) is 72.8 Å². The van der Waals surface area contributed by atoms with Gasteiger partial charge in [0.2, 0.25) is 17.7 Å². The van der Waals surface area contributed by atoms with E-state index < -0.39 is 18.2 Å². The van der Waals surface area contributed by atoms with E-state index in [0.29, 0.717) is 44.3 Å². The summed E-state index contributed by atoms with van der Waals surface area (Å²) in [6.07, 6.45) is 8.60. The number of piperidine rings is 1. The lowest BCUT2D eigenvalue weighted by molar-refractivity contribution is -0.189. The molecular formula is C48H53N9O6. The van der Waals surface area contributed by atoms with Crippen LogP contribution in [0.4, 0.5) is 4.79 Å². The highest BCUT2D eigenvalue weighted by Gasteiger charge is 2.51. The van der Waals surface area contributed by atoms with Crippen LogP contribution < -0.4 is 10.6 Å². The molecule has 3 N–H and O–H groups in total. The molecule has 0 radical (unpaired) electrons. The number of fused-ring (bicyclic) bond motifs is 2. The Balaban J connectivity index is 1.02. The minimum atomic E-state index is -0.951. The Bertz CT molecular complexity index is 2470. The fourth-order valence-electron chi connectivity index (χ4n) is 9.11. The van der Waals surface area contributed by atoms with Gasteiger partial charge < -0.3 is 35.0 Å². The van der Waals surface area contributed by atoms with Gasteiger partial charge in [-0.3, -0.25) is 24.2 Å². The van der Waals surface area contributed by atoms with Crippen molar-refractivity contribution in [2.45, 2.75) is 63.4 Å². The normalized spacial score (nSPS) is 18.4. The summed E-state index contributed by atoms with van der Waals surface area (Å²) in [6, 6.07) is 24.2. The van der Waals surface area contributed by atoms with E-state index in [1.807, 2.05) is 77.2 Å². The number of carbonyl (C=O) groups excluding carboxylic acids is 5. The number of carbonyl (C=O) groups is 5. The zero-order valence-electron chi connectivity index (χ0n) is 35.4. The van der Waals surface area contributed by atoms with E-state index in [1.165, 1.54) is 0 Å². The van der Waals surface area contributed by atoms with Crippen LogP contribution in [0.3, 0.4) is 0 Å². The number of aromatic nitrogens is 2. The molecular weight excluding hydrogens is 799 g/mol. The third-order valence-corrected chi connectivity index (χ3v) is 12.3. The van der Waals surface area contributed by atoms with Gasteiger partial charge >= 0.3 is 6.03 Å². The summed E-state index contributed by atoms with van der Waals surface area (Å²) in [5.74, 6) is -0.597. The first kappa shape index (κ1) is 42.7. The zero-order valence-corrected chi connectivity index (χ0v) is 35.4. The molecule has 3 aliphatic heterocycles. The lowest BCUT2D eigenvalue weighted by Crippen LogP contribution is -2.76. The number of phenols is 1. The second-order valence-electron chi connectivity index (χ2n) is 16.5. The molecule has 6 amide bonds. The third-order valence-electron chi connectivity index (χ3n) is 12.3. The number of rotatable bonds is 13. The van der Waals surface area contributed by atoms with E-state index in [-0.39, 0.29) is 74.6 Å². The molecule has 0 aliphatic carbocycles. The fourth-order valence-corrected chi connectivity index (χ4v) is 9.11. The minimum Gasteiger partial charge on any atom is -0.508 e. The number of pyridine rings is 1. The molecule has 3 aliphatic rings. The van der Waals surface area contributed by atoms with Gasteiger partial charge in [0.25, 0.3) is 5.91 Å². The number of phenolic OH excluding ortho intramolecular Hbond substituents is 1. The third kappa shape index (κ3) is 9.43. The highest BCUT2D eigenvalue weighted by atomic mass is 16.3. The molecule has 0 saturated carbocycles. The predicted octanol–water partition coefficient (Wildman–Crippen LogP) is 4.37. The van der Waals surface area contributed by atoms with Crippen molar-refractivity contribution in [1.82, 2.24) is 44.9 Å². The number of aryl methyl sites for hydroxylation is 2. The van der Waals surface area contributed by atoms with Crippen molar-refractivity contribution in [1.29, 1.82) is 0 Å². The van der Waals surface area contributed by atoms with Crippen molar-refractivity contribution >= 4 is 40.6 Å². The van der Waals surface area contributed by atoms with Crippen LogP contribution in [0.25, 0.3) is 10.9 Å². The van der Waals surface area contributed by atoms with Crippen LogP contribution in [0.15, 0.2) is 116 Å². The topological polar surface area (TPSA) is 164 Å². The number of amides is 6. The number of hydrazine groups is 1. The van der Waals surface area contributed by atoms with E-state index in [4.69, 9.17) is 0 Å². The van der Waals surface area contributed by atoms with Crippen LogP contribution in [-0.2, 0) is 47.4 Å². The highest BCUT2D eigenvalue weighted by molar-refractivity contribution is 6.08. The number of urea groups is 1. The quantitative estimate of drug-likeness (QED) is 0.147. The van der Waals surface area contributed by atoms with Gasteiger partial charge in [0, 0.05) is 82.6 Å². The van der Waals surface area contributed by atoms with Gasteiger partial charge in [0.05, 0.1) is 24.2 Å². The van der Waals surface area contributed by atoms with Crippen LogP contribution in [0.5, 0.6) is 5.75 Å². The molecule has 5 heterocycles. The van der Waals surface area contributed by atoms with E-state index >= 15 is 0 Å². The Labute approximate surface area is 366 Å². The first-order chi connectivity index (χ1) is 30.6. The molecule has 63 heavy (non-hydrogen) atoms. The zero-order chi connectivity index (χ0) is 44.0. The number of piperazine rings is 1. The van der Waals surface area contributed by atoms with E-state index in [1.54, 1.807) is 68.7 Å². The van der Waals surface area contributed by atoms with E-state index in [9.17, 15) is 29.1 Å². The summed E-state index contributed by atoms with van der Waals surface area (Å²) in [6.45, 7) is 5.55. The minimum absolute atomic E-state index is 0.0296. The number of benzene rings is 3.